The molecular formula is C13H12BrNS3. The van der Waals surface area contributed by atoms with Gasteiger partial charge in [-0.15, -0.1) is 0 Å². The summed E-state index contributed by atoms with van der Waals surface area (Å²) in [5, 5.41) is 3.49. The first kappa shape index (κ1) is 13.0. The molecule has 1 saturated carbocycles. The first-order valence-electron chi connectivity index (χ1n) is 5.93. The minimum Gasteiger partial charge on any atom is -0.356 e. The van der Waals surface area contributed by atoms with Crippen molar-refractivity contribution in [1.29, 1.82) is 0 Å². The molecule has 3 rings (SSSR count). The van der Waals surface area contributed by atoms with Crippen molar-refractivity contribution in [1.82, 2.24) is 5.32 Å². The molecule has 1 heterocycles. The number of thioether (sulfide) groups is 1. The third-order valence-corrected chi connectivity index (χ3v) is 6.02. The number of rotatable bonds is 2. The highest BCUT2D eigenvalue weighted by Gasteiger charge is 2.51. The maximum Gasteiger partial charge on any atom is 0.140 e. The molecular weight excluding hydrogens is 346 g/mol. The molecule has 0 aromatic heterocycles. The minimum absolute atomic E-state index is 0.223. The number of nitrogens with one attached hydrogen (secondary N) is 1. The fraction of sp³-hybridized carbons (Fsp3) is 0.385. The zero-order chi connectivity index (χ0) is 12.8. The van der Waals surface area contributed by atoms with E-state index in [-0.39, 0.29) is 5.54 Å². The van der Waals surface area contributed by atoms with E-state index in [1.807, 2.05) is 6.07 Å². The molecule has 1 aliphatic carbocycles. The van der Waals surface area contributed by atoms with E-state index in [4.69, 9.17) is 24.4 Å². The molecule has 2 aliphatic rings. The van der Waals surface area contributed by atoms with Crippen molar-refractivity contribution in [2.75, 3.05) is 0 Å². The van der Waals surface area contributed by atoms with E-state index in [9.17, 15) is 0 Å². The van der Waals surface area contributed by atoms with Gasteiger partial charge in [-0.3, -0.25) is 0 Å². The van der Waals surface area contributed by atoms with Crippen molar-refractivity contribution in [3.8, 4) is 0 Å². The van der Waals surface area contributed by atoms with Crippen LogP contribution >= 0.6 is 52.1 Å². The molecule has 0 radical (unpaired) electrons. The first-order chi connectivity index (χ1) is 8.63. The molecule has 1 nitrogen and oxygen atoms in total. The van der Waals surface area contributed by atoms with Crippen LogP contribution in [0.15, 0.2) is 28.7 Å². The molecule has 1 aromatic carbocycles. The van der Waals surface area contributed by atoms with Gasteiger partial charge in [0.05, 0.1) is 4.20 Å². The summed E-state index contributed by atoms with van der Waals surface area (Å²) in [5.41, 5.74) is 1.01. The zero-order valence-corrected chi connectivity index (χ0v) is 13.6. The lowest BCUT2D eigenvalue weighted by Gasteiger charge is -2.43. The number of hydrogen-bond donors (Lipinski definition) is 1. The quantitative estimate of drug-likeness (QED) is 0.787. The first-order valence-corrected chi connectivity index (χ1v) is 8.36. The summed E-state index contributed by atoms with van der Waals surface area (Å²) >= 11 is 16.0. The molecule has 94 valence electrons. The molecule has 5 heteroatoms. The summed E-state index contributed by atoms with van der Waals surface area (Å²) in [6.07, 6.45) is 3.74. The zero-order valence-electron chi connectivity index (χ0n) is 9.61. The monoisotopic (exact) mass is 357 g/mol. The normalized spacial score (nSPS) is 28.1. The molecule has 1 aromatic rings. The van der Waals surface area contributed by atoms with E-state index in [2.05, 4.69) is 39.4 Å². The number of benzene rings is 1. The Morgan fingerprint density at radius 1 is 1.33 bits per heavy atom. The summed E-state index contributed by atoms with van der Waals surface area (Å²) in [6, 6.07) is 8.42. The Hall–Kier alpha value is 0.0300. The average molecular weight is 358 g/mol. The van der Waals surface area contributed by atoms with E-state index >= 15 is 0 Å². The van der Waals surface area contributed by atoms with Crippen LogP contribution in [0, 0.1) is 5.92 Å². The van der Waals surface area contributed by atoms with E-state index in [1.165, 1.54) is 24.8 Å². The van der Waals surface area contributed by atoms with Gasteiger partial charge in [-0.05, 0) is 36.5 Å². The van der Waals surface area contributed by atoms with E-state index in [0.717, 1.165) is 13.0 Å². The fourth-order valence-electron chi connectivity index (χ4n) is 2.67. The highest BCUT2D eigenvalue weighted by atomic mass is 79.9. The largest absolute Gasteiger partial charge is 0.356 e. The lowest BCUT2D eigenvalue weighted by atomic mass is 9.68. The van der Waals surface area contributed by atoms with Crippen LogP contribution in [0.2, 0.25) is 0 Å². The third-order valence-electron chi connectivity index (χ3n) is 3.80. The van der Waals surface area contributed by atoms with Crippen LogP contribution in [-0.2, 0) is 5.54 Å². The Balaban J connectivity index is 2.10. The lowest BCUT2D eigenvalue weighted by molar-refractivity contribution is 0.212. The summed E-state index contributed by atoms with van der Waals surface area (Å²) in [5.74, 6) is 0.576. The summed E-state index contributed by atoms with van der Waals surface area (Å²) in [4.78, 5) is 0. The van der Waals surface area contributed by atoms with Gasteiger partial charge >= 0.3 is 0 Å². The smallest absolute Gasteiger partial charge is 0.140 e. The highest BCUT2D eigenvalue weighted by Crippen LogP contribution is 2.49. The summed E-state index contributed by atoms with van der Waals surface area (Å²) in [7, 11) is 0. The van der Waals surface area contributed by atoms with Gasteiger partial charge in [0.1, 0.15) is 9.86 Å². The van der Waals surface area contributed by atoms with Gasteiger partial charge in [0.25, 0.3) is 0 Å². The molecule has 1 aliphatic heterocycles. The van der Waals surface area contributed by atoms with Gasteiger partial charge in [-0.1, -0.05) is 70.7 Å². The Kier molecular flexibility index (Phi) is 3.51. The van der Waals surface area contributed by atoms with Crippen LogP contribution in [-0.4, -0.2) is 8.52 Å². The highest BCUT2D eigenvalue weighted by molar-refractivity contribution is 9.10. The van der Waals surface area contributed by atoms with E-state index in [1.54, 1.807) is 11.8 Å². The van der Waals surface area contributed by atoms with Gasteiger partial charge in [-0.2, -0.15) is 0 Å². The van der Waals surface area contributed by atoms with E-state index in [0.29, 0.717) is 5.92 Å². The SMILES string of the molecule is S=C1NC(c2cccc(Br)c2)(C2CCC2)C(=S)S1. The van der Waals surface area contributed by atoms with Crippen molar-refractivity contribution in [3.63, 3.8) is 0 Å². The predicted molar refractivity (Wildman–Crippen MR) is 89.1 cm³/mol. The van der Waals surface area contributed by atoms with Gasteiger partial charge in [0.2, 0.25) is 0 Å². The molecule has 1 unspecified atom stereocenters. The second-order valence-corrected chi connectivity index (χ2v) is 8.02. The Morgan fingerprint density at radius 2 is 2.11 bits per heavy atom. The predicted octanol–water partition coefficient (Wildman–Crippen LogP) is 4.39. The Morgan fingerprint density at radius 3 is 2.61 bits per heavy atom. The average Bonchev–Trinajstić information content (AvgIpc) is 2.52. The fourth-order valence-corrected chi connectivity index (χ4v) is 5.10. The van der Waals surface area contributed by atoms with Crippen LogP contribution in [0.25, 0.3) is 0 Å². The van der Waals surface area contributed by atoms with Crippen molar-refractivity contribution in [2.45, 2.75) is 24.8 Å². The van der Waals surface area contributed by atoms with E-state index < -0.39 is 0 Å². The summed E-state index contributed by atoms with van der Waals surface area (Å²) < 4.78 is 2.88. The lowest BCUT2D eigenvalue weighted by Crippen LogP contribution is -2.51. The maximum atomic E-state index is 5.63. The van der Waals surface area contributed by atoms with Gasteiger partial charge in [-0.25, -0.2) is 0 Å². The van der Waals surface area contributed by atoms with Crippen molar-refractivity contribution >= 4 is 60.6 Å². The molecule has 0 spiro atoms. The van der Waals surface area contributed by atoms with Crippen LogP contribution in [0.1, 0.15) is 24.8 Å². The Bertz CT molecular complexity index is 527. The van der Waals surface area contributed by atoms with Crippen molar-refractivity contribution in [3.05, 3.63) is 34.3 Å². The van der Waals surface area contributed by atoms with Gasteiger partial charge < -0.3 is 5.32 Å². The minimum atomic E-state index is -0.223. The molecule has 0 amide bonds. The summed E-state index contributed by atoms with van der Waals surface area (Å²) in [6.45, 7) is 0. The van der Waals surface area contributed by atoms with Gasteiger partial charge in [0, 0.05) is 4.47 Å². The number of thiocarbonyl (C=S) groups is 2. The molecule has 1 saturated heterocycles. The van der Waals surface area contributed by atoms with Crippen LogP contribution in [0.4, 0.5) is 0 Å². The second-order valence-electron chi connectivity index (χ2n) is 4.75. The topological polar surface area (TPSA) is 12.0 Å². The molecule has 18 heavy (non-hydrogen) atoms. The van der Waals surface area contributed by atoms with Crippen molar-refractivity contribution < 1.29 is 0 Å². The Labute approximate surface area is 130 Å². The molecule has 1 atom stereocenters. The van der Waals surface area contributed by atoms with Crippen LogP contribution in [0.3, 0.4) is 0 Å². The molecule has 0 bridgehead atoms. The van der Waals surface area contributed by atoms with Crippen LogP contribution < -0.4 is 5.32 Å². The van der Waals surface area contributed by atoms with Crippen LogP contribution in [0.5, 0.6) is 0 Å². The number of halogens is 1. The number of hydrogen-bond acceptors (Lipinski definition) is 3. The second kappa shape index (κ2) is 4.85. The maximum absolute atomic E-state index is 5.63. The van der Waals surface area contributed by atoms with Gasteiger partial charge in [0.15, 0.2) is 0 Å². The third kappa shape index (κ3) is 1.96. The van der Waals surface area contributed by atoms with Crippen molar-refractivity contribution in [2.24, 2.45) is 5.92 Å². The molecule has 2 fully saturated rings. The molecule has 1 N–H and O–H groups in total. The standard InChI is InChI=1S/C13H12BrNS3/c14-10-6-2-5-9(7-10)13(8-3-1-4-8)11(16)18-12(17)15-13/h2,5-8H,1,3-4H2,(H,15,17).